The summed E-state index contributed by atoms with van der Waals surface area (Å²) in [6.07, 6.45) is 6.50. The van der Waals surface area contributed by atoms with Gasteiger partial charge in [-0.2, -0.15) is 0 Å². The Labute approximate surface area is 244 Å². The number of hydrogen-bond acceptors (Lipinski definition) is 8. The number of nitrogens with one attached hydrogen (secondary N) is 1. The van der Waals surface area contributed by atoms with Crippen LogP contribution >= 0.6 is 0 Å². The van der Waals surface area contributed by atoms with Crippen molar-refractivity contribution in [1.29, 1.82) is 0 Å². The zero-order valence-electron chi connectivity index (χ0n) is 24.1. The molecule has 2 aliphatic rings. The Bertz CT molecular complexity index is 1510. The SMILES string of the molecule is CCOC(=O)c1nc(NC(=O)Cc2cccc(COc3cc4c(cc3OC)C(=O)N3CCCC(C/C=N\4)C3)c2)cn1C. The summed E-state index contributed by atoms with van der Waals surface area (Å²) in [5.74, 6) is 0.889. The molecule has 1 unspecified atom stereocenters. The summed E-state index contributed by atoms with van der Waals surface area (Å²) in [5, 5.41) is 2.73. The predicted octanol–water partition coefficient (Wildman–Crippen LogP) is 4.32. The van der Waals surface area contributed by atoms with Gasteiger partial charge in [0.2, 0.25) is 11.7 Å². The van der Waals surface area contributed by atoms with Gasteiger partial charge in [-0.05, 0) is 49.3 Å². The average Bonchev–Trinajstić information content (AvgIpc) is 3.36. The van der Waals surface area contributed by atoms with E-state index in [1.165, 1.54) is 4.57 Å². The van der Waals surface area contributed by atoms with Crippen molar-refractivity contribution in [3.8, 4) is 11.5 Å². The molecule has 11 nitrogen and oxygen atoms in total. The summed E-state index contributed by atoms with van der Waals surface area (Å²) in [6, 6.07) is 11.0. The van der Waals surface area contributed by atoms with Crippen molar-refractivity contribution in [3.05, 3.63) is 65.1 Å². The van der Waals surface area contributed by atoms with E-state index >= 15 is 0 Å². The molecule has 2 aromatic carbocycles. The lowest BCUT2D eigenvalue weighted by atomic mass is 9.95. The van der Waals surface area contributed by atoms with Crippen molar-refractivity contribution in [2.45, 2.75) is 39.2 Å². The van der Waals surface area contributed by atoms with Gasteiger partial charge in [-0.3, -0.25) is 14.6 Å². The highest BCUT2D eigenvalue weighted by Gasteiger charge is 2.28. The van der Waals surface area contributed by atoms with Gasteiger partial charge in [0.1, 0.15) is 6.61 Å². The van der Waals surface area contributed by atoms with Crippen LogP contribution in [0.25, 0.3) is 0 Å². The zero-order chi connectivity index (χ0) is 29.6. The van der Waals surface area contributed by atoms with Crippen LogP contribution in [0.5, 0.6) is 11.5 Å². The molecule has 2 aliphatic heterocycles. The molecule has 5 rings (SSSR count). The van der Waals surface area contributed by atoms with E-state index in [0.29, 0.717) is 28.7 Å². The van der Waals surface area contributed by atoms with Gasteiger partial charge in [0, 0.05) is 38.6 Å². The topological polar surface area (TPSA) is 124 Å². The van der Waals surface area contributed by atoms with Gasteiger partial charge in [0.15, 0.2) is 17.3 Å². The quantitative estimate of drug-likeness (QED) is 0.378. The van der Waals surface area contributed by atoms with E-state index in [-0.39, 0.29) is 43.1 Å². The third-order valence-electron chi connectivity index (χ3n) is 7.34. The lowest BCUT2D eigenvalue weighted by Crippen LogP contribution is -2.39. The molecule has 2 bridgehead atoms. The molecule has 0 saturated carbocycles. The number of methoxy groups -OCH3 is 1. The minimum atomic E-state index is -0.552. The number of piperidine rings is 1. The highest BCUT2D eigenvalue weighted by molar-refractivity contribution is 6.00. The van der Waals surface area contributed by atoms with Crippen molar-refractivity contribution in [3.63, 3.8) is 0 Å². The van der Waals surface area contributed by atoms with Gasteiger partial charge in [-0.15, -0.1) is 0 Å². The third-order valence-corrected chi connectivity index (χ3v) is 7.34. The molecule has 1 saturated heterocycles. The van der Waals surface area contributed by atoms with E-state index < -0.39 is 5.97 Å². The molecule has 11 heteroatoms. The third kappa shape index (κ3) is 6.62. The lowest BCUT2D eigenvalue weighted by Gasteiger charge is -2.32. The number of esters is 1. The zero-order valence-corrected chi connectivity index (χ0v) is 24.1. The molecule has 1 aromatic heterocycles. The van der Waals surface area contributed by atoms with E-state index in [1.54, 1.807) is 39.4 Å². The van der Waals surface area contributed by atoms with E-state index in [2.05, 4.69) is 15.3 Å². The first-order chi connectivity index (χ1) is 20.3. The maximum Gasteiger partial charge on any atom is 0.374 e. The van der Waals surface area contributed by atoms with Crippen molar-refractivity contribution in [2.24, 2.45) is 18.0 Å². The number of anilines is 1. The maximum atomic E-state index is 13.3. The summed E-state index contributed by atoms with van der Waals surface area (Å²) in [4.78, 5) is 48.7. The number of fused-ring (bicyclic) bond motifs is 3. The number of ether oxygens (including phenoxy) is 3. The summed E-state index contributed by atoms with van der Waals surface area (Å²) < 4.78 is 18.2. The summed E-state index contributed by atoms with van der Waals surface area (Å²) in [7, 11) is 3.21. The second-order valence-electron chi connectivity index (χ2n) is 10.4. The average molecular weight is 574 g/mol. The molecule has 1 atom stereocenters. The monoisotopic (exact) mass is 573 g/mol. The Kier molecular flexibility index (Phi) is 8.85. The summed E-state index contributed by atoms with van der Waals surface area (Å²) in [5.41, 5.74) is 2.71. The largest absolute Gasteiger partial charge is 0.493 e. The number of benzene rings is 2. The molecule has 1 fully saturated rings. The number of rotatable bonds is 9. The van der Waals surface area contributed by atoms with Crippen molar-refractivity contribution in [1.82, 2.24) is 14.5 Å². The van der Waals surface area contributed by atoms with E-state index in [1.807, 2.05) is 35.4 Å². The first-order valence-electron chi connectivity index (χ1n) is 14.1. The maximum absolute atomic E-state index is 13.3. The Morgan fingerprint density at radius 3 is 2.79 bits per heavy atom. The highest BCUT2D eigenvalue weighted by Crippen LogP contribution is 2.37. The van der Waals surface area contributed by atoms with Crippen LogP contribution in [-0.4, -0.2) is 65.3 Å². The number of aryl methyl sites for hydroxylation is 1. The van der Waals surface area contributed by atoms with Gasteiger partial charge in [-0.25, -0.2) is 9.78 Å². The Morgan fingerprint density at radius 1 is 1.14 bits per heavy atom. The highest BCUT2D eigenvalue weighted by atomic mass is 16.5. The predicted molar refractivity (Wildman–Crippen MR) is 157 cm³/mol. The van der Waals surface area contributed by atoms with Gasteiger partial charge in [-0.1, -0.05) is 24.3 Å². The number of hydrogen-bond donors (Lipinski definition) is 1. The van der Waals surface area contributed by atoms with E-state index in [4.69, 9.17) is 14.2 Å². The molecule has 0 spiro atoms. The van der Waals surface area contributed by atoms with Crippen molar-refractivity contribution in [2.75, 3.05) is 32.1 Å². The molecule has 0 aliphatic carbocycles. The van der Waals surface area contributed by atoms with Crippen molar-refractivity contribution >= 4 is 35.5 Å². The Balaban J connectivity index is 1.26. The first kappa shape index (κ1) is 28.8. The number of carbonyl (C=O) groups excluding carboxylic acids is 3. The number of amides is 2. The minimum Gasteiger partial charge on any atom is -0.493 e. The van der Waals surface area contributed by atoms with Crippen LogP contribution in [0.15, 0.2) is 47.6 Å². The minimum absolute atomic E-state index is 0.0348. The number of nitrogens with zero attached hydrogens (tertiary/aromatic N) is 4. The number of carbonyl (C=O) groups is 3. The molecule has 2 amide bonds. The normalized spacial score (nSPS) is 16.9. The van der Waals surface area contributed by atoms with Gasteiger partial charge < -0.3 is 29.0 Å². The van der Waals surface area contributed by atoms with Crippen LogP contribution in [0.3, 0.4) is 0 Å². The molecule has 220 valence electrons. The second-order valence-corrected chi connectivity index (χ2v) is 10.4. The molecule has 0 radical (unpaired) electrons. The van der Waals surface area contributed by atoms with Gasteiger partial charge in [0.05, 0.1) is 31.4 Å². The Hall–Kier alpha value is -4.67. The number of aliphatic imine (C=N–C) groups is 1. The van der Waals surface area contributed by atoms with Crippen LogP contribution < -0.4 is 14.8 Å². The van der Waals surface area contributed by atoms with Crippen LogP contribution in [0.2, 0.25) is 0 Å². The van der Waals surface area contributed by atoms with Crippen LogP contribution in [0.4, 0.5) is 11.5 Å². The standard InChI is InChI=1S/C31H35N5O6/c1-4-41-31(39)29-34-27(18-35(29)2)33-28(37)14-21-7-5-8-22(13-21)19-42-26-16-24-23(15-25(26)40-3)30(38)36-12-6-9-20(17-36)10-11-32-24/h5,7-8,11,13,15-16,18,20H,4,6,9-10,12,14,17,19H2,1-3H3,(H,33,37)/b32-11-. The molecule has 3 aromatic rings. The van der Waals surface area contributed by atoms with Gasteiger partial charge >= 0.3 is 5.97 Å². The van der Waals surface area contributed by atoms with Crippen molar-refractivity contribution < 1.29 is 28.6 Å². The fraction of sp³-hybridized carbons (Fsp3) is 0.387. The van der Waals surface area contributed by atoms with Gasteiger partial charge in [0.25, 0.3) is 5.91 Å². The van der Waals surface area contributed by atoms with E-state index in [9.17, 15) is 14.4 Å². The fourth-order valence-electron chi connectivity index (χ4n) is 5.29. The summed E-state index contributed by atoms with van der Waals surface area (Å²) >= 11 is 0. The second kappa shape index (κ2) is 12.9. The Morgan fingerprint density at radius 2 is 1.98 bits per heavy atom. The molecular weight excluding hydrogens is 538 g/mol. The molecular formula is C31H35N5O6. The molecule has 42 heavy (non-hydrogen) atoms. The number of imidazole rings is 1. The molecule has 1 N–H and O–H groups in total. The summed E-state index contributed by atoms with van der Waals surface area (Å²) in [6.45, 7) is 3.67. The molecule has 3 heterocycles. The van der Waals surface area contributed by atoms with Crippen LogP contribution in [-0.2, 0) is 29.6 Å². The smallest absolute Gasteiger partial charge is 0.374 e. The van der Waals surface area contributed by atoms with Crippen LogP contribution in [0, 0.1) is 5.92 Å². The number of aromatic nitrogens is 2. The lowest BCUT2D eigenvalue weighted by molar-refractivity contribution is -0.115. The fourth-order valence-corrected chi connectivity index (χ4v) is 5.29. The first-order valence-corrected chi connectivity index (χ1v) is 14.1. The van der Waals surface area contributed by atoms with Crippen LogP contribution in [0.1, 0.15) is 58.3 Å². The van der Waals surface area contributed by atoms with E-state index in [0.717, 1.165) is 43.5 Å².